The molecule has 1 aliphatic rings. The Morgan fingerprint density at radius 2 is 1.96 bits per heavy atom. The monoisotopic (exact) mass is 348 g/mol. The normalized spacial score (nSPS) is 21.6. The van der Waals surface area contributed by atoms with Gasteiger partial charge in [0.05, 0.1) is 12.6 Å². The van der Waals surface area contributed by atoms with Crippen molar-refractivity contribution in [2.75, 3.05) is 18.9 Å². The topological polar surface area (TPSA) is 47.7 Å². The third kappa shape index (κ3) is 5.65. The smallest absolute Gasteiger partial charge is 0.172 e. The Kier molecular flexibility index (Phi) is 6.49. The molecule has 134 valence electrons. The number of anilines is 1. The molecular weight excluding hydrogens is 316 g/mol. The van der Waals surface area contributed by atoms with Crippen LogP contribution in [0.15, 0.2) is 36.4 Å². The third-order valence-corrected chi connectivity index (χ3v) is 5.88. The SMILES string of the molecule is CC(C)N1C(COCC[Si](C)(C)C)C=CC1Oc1cccc(N)c1. The maximum atomic E-state index is 6.13. The molecule has 0 bridgehead atoms. The van der Waals surface area contributed by atoms with Crippen LogP contribution >= 0.6 is 0 Å². The molecule has 1 heterocycles. The summed E-state index contributed by atoms with van der Waals surface area (Å²) in [6.07, 6.45) is 4.25. The average molecular weight is 349 g/mol. The van der Waals surface area contributed by atoms with Crippen LogP contribution in [0.3, 0.4) is 0 Å². The number of nitrogens with two attached hydrogens (primary N) is 1. The third-order valence-electron chi connectivity index (χ3n) is 4.17. The number of benzene rings is 1. The maximum Gasteiger partial charge on any atom is 0.172 e. The van der Waals surface area contributed by atoms with Crippen LogP contribution in [0, 0.1) is 0 Å². The summed E-state index contributed by atoms with van der Waals surface area (Å²) < 4.78 is 12.1. The zero-order chi connectivity index (χ0) is 17.7. The Bertz CT molecular complexity index is 555. The maximum absolute atomic E-state index is 6.13. The molecule has 0 aliphatic carbocycles. The van der Waals surface area contributed by atoms with Gasteiger partial charge in [0, 0.05) is 32.5 Å². The van der Waals surface area contributed by atoms with Crippen molar-refractivity contribution in [3.63, 3.8) is 0 Å². The van der Waals surface area contributed by atoms with Gasteiger partial charge in [0.25, 0.3) is 0 Å². The summed E-state index contributed by atoms with van der Waals surface area (Å²) >= 11 is 0. The van der Waals surface area contributed by atoms with Crippen molar-refractivity contribution in [2.24, 2.45) is 0 Å². The Morgan fingerprint density at radius 3 is 2.58 bits per heavy atom. The van der Waals surface area contributed by atoms with Crippen LogP contribution in [-0.2, 0) is 4.74 Å². The zero-order valence-corrected chi connectivity index (χ0v) is 16.7. The van der Waals surface area contributed by atoms with Gasteiger partial charge in [-0.25, -0.2) is 0 Å². The summed E-state index contributed by atoms with van der Waals surface area (Å²) in [4.78, 5) is 2.34. The number of hydrogen-bond acceptors (Lipinski definition) is 4. The van der Waals surface area contributed by atoms with E-state index in [1.54, 1.807) is 0 Å². The molecule has 0 spiro atoms. The molecule has 24 heavy (non-hydrogen) atoms. The highest BCUT2D eigenvalue weighted by Gasteiger charge is 2.32. The number of hydrogen-bond donors (Lipinski definition) is 1. The van der Waals surface area contributed by atoms with Crippen molar-refractivity contribution in [1.29, 1.82) is 0 Å². The highest BCUT2D eigenvalue weighted by molar-refractivity contribution is 6.76. The molecule has 2 N–H and O–H groups in total. The first-order chi connectivity index (χ1) is 11.3. The quantitative estimate of drug-likeness (QED) is 0.334. The number of rotatable bonds is 8. The molecular formula is C19H32N2O2Si. The number of nitrogen functional groups attached to an aromatic ring is 1. The first kappa shape index (κ1) is 19.0. The van der Waals surface area contributed by atoms with Crippen LogP contribution < -0.4 is 10.5 Å². The Hall–Kier alpha value is -1.30. The lowest BCUT2D eigenvalue weighted by atomic mass is 10.2. The molecule has 5 heteroatoms. The molecule has 0 radical (unpaired) electrons. The van der Waals surface area contributed by atoms with E-state index in [0.717, 1.165) is 24.7 Å². The summed E-state index contributed by atoms with van der Waals surface area (Å²) in [5.41, 5.74) is 6.56. The van der Waals surface area contributed by atoms with Gasteiger partial charge in [0.1, 0.15) is 5.75 Å². The van der Waals surface area contributed by atoms with Crippen molar-refractivity contribution < 1.29 is 9.47 Å². The van der Waals surface area contributed by atoms with E-state index in [9.17, 15) is 0 Å². The van der Waals surface area contributed by atoms with Gasteiger partial charge in [-0.2, -0.15) is 0 Å². The van der Waals surface area contributed by atoms with Crippen LogP contribution in [0.5, 0.6) is 5.75 Å². The fourth-order valence-corrected chi connectivity index (χ4v) is 3.60. The van der Waals surface area contributed by atoms with Crippen molar-refractivity contribution >= 4 is 13.8 Å². The Labute approximate surface area is 147 Å². The molecule has 2 rings (SSSR count). The highest BCUT2D eigenvalue weighted by Crippen LogP contribution is 2.25. The predicted molar refractivity (Wildman–Crippen MR) is 104 cm³/mol. The Balaban J connectivity index is 1.91. The van der Waals surface area contributed by atoms with Gasteiger partial charge in [0.2, 0.25) is 0 Å². The van der Waals surface area contributed by atoms with Gasteiger partial charge in [-0.1, -0.05) is 31.8 Å². The van der Waals surface area contributed by atoms with Gasteiger partial charge < -0.3 is 15.2 Å². The minimum Gasteiger partial charge on any atom is -0.471 e. The first-order valence-electron chi connectivity index (χ1n) is 8.82. The van der Waals surface area contributed by atoms with E-state index in [1.165, 1.54) is 6.04 Å². The van der Waals surface area contributed by atoms with E-state index >= 15 is 0 Å². The second kappa shape index (κ2) is 8.19. The molecule has 1 aliphatic heterocycles. The lowest BCUT2D eigenvalue weighted by Gasteiger charge is -2.33. The second-order valence-electron chi connectivity index (χ2n) is 7.96. The van der Waals surface area contributed by atoms with Crippen LogP contribution in [0.2, 0.25) is 25.7 Å². The van der Waals surface area contributed by atoms with Crippen LogP contribution in [0.1, 0.15) is 13.8 Å². The molecule has 2 atom stereocenters. The molecule has 1 aromatic rings. The molecule has 0 saturated carbocycles. The van der Waals surface area contributed by atoms with Gasteiger partial charge in [0.15, 0.2) is 6.23 Å². The molecule has 0 fully saturated rings. The average Bonchev–Trinajstić information content (AvgIpc) is 2.85. The van der Waals surface area contributed by atoms with Gasteiger partial charge in [-0.05, 0) is 38.1 Å². The summed E-state index contributed by atoms with van der Waals surface area (Å²) in [5.74, 6) is 0.801. The Morgan fingerprint density at radius 1 is 1.21 bits per heavy atom. The van der Waals surface area contributed by atoms with E-state index in [1.807, 2.05) is 24.3 Å². The van der Waals surface area contributed by atoms with E-state index in [2.05, 4.69) is 50.5 Å². The number of nitrogens with zero attached hydrogens (tertiary/aromatic N) is 1. The zero-order valence-electron chi connectivity index (χ0n) is 15.7. The fraction of sp³-hybridized carbons (Fsp3) is 0.579. The molecule has 0 saturated heterocycles. The van der Waals surface area contributed by atoms with Crippen LogP contribution in [0.25, 0.3) is 0 Å². The molecule has 0 aromatic heterocycles. The molecule has 4 nitrogen and oxygen atoms in total. The lowest BCUT2D eigenvalue weighted by molar-refractivity contribution is 0.000407. The van der Waals surface area contributed by atoms with E-state index in [-0.39, 0.29) is 12.3 Å². The minimum atomic E-state index is -1.04. The first-order valence-corrected chi connectivity index (χ1v) is 12.5. The highest BCUT2D eigenvalue weighted by atomic mass is 28.3. The largest absolute Gasteiger partial charge is 0.471 e. The summed E-state index contributed by atoms with van der Waals surface area (Å²) in [7, 11) is -1.04. The van der Waals surface area contributed by atoms with Crippen LogP contribution in [-0.4, -0.2) is 44.5 Å². The van der Waals surface area contributed by atoms with Crippen molar-refractivity contribution in [2.45, 2.75) is 57.8 Å². The second-order valence-corrected chi connectivity index (χ2v) is 13.6. The molecule has 1 aromatic carbocycles. The molecule has 2 unspecified atom stereocenters. The minimum absolute atomic E-state index is 0.0719. The fourth-order valence-electron chi connectivity index (χ4n) is 2.84. The standard InChI is InChI=1S/C19H32N2O2Si/c1-15(2)21-17(14-22-11-12-24(3,4)5)9-10-19(21)23-18-8-6-7-16(20)13-18/h6-10,13,15,17,19H,11-12,14,20H2,1-5H3. The van der Waals surface area contributed by atoms with E-state index in [4.69, 9.17) is 15.2 Å². The van der Waals surface area contributed by atoms with Gasteiger partial charge in [-0.15, -0.1) is 0 Å². The predicted octanol–water partition coefficient (Wildman–Crippen LogP) is 3.98. The summed E-state index contributed by atoms with van der Waals surface area (Å²) in [6.45, 7) is 13.1. The summed E-state index contributed by atoms with van der Waals surface area (Å²) in [6, 6.07) is 9.43. The lowest BCUT2D eigenvalue weighted by Crippen LogP contribution is -2.46. The van der Waals surface area contributed by atoms with Crippen LogP contribution in [0.4, 0.5) is 5.69 Å². The van der Waals surface area contributed by atoms with Gasteiger partial charge in [-0.3, -0.25) is 4.90 Å². The summed E-state index contributed by atoms with van der Waals surface area (Å²) in [5, 5.41) is 0. The van der Waals surface area contributed by atoms with Crippen molar-refractivity contribution in [3.8, 4) is 5.75 Å². The van der Waals surface area contributed by atoms with Crippen molar-refractivity contribution in [1.82, 2.24) is 4.90 Å². The van der Waals surface area contributed by atoms with Crippen molar-refractivity contribution in [3.05, 3.63) is 36.4 Å². The molecule has 0 amide bonds. The van der Waals surface area contributed by atoms with Gasteiger partial charge >= 0.3 is 0 Å². The number of ether oxygens (including phenoxy) is 2. The van der Waals surface area contributed by atoms with E-state index < -0.39 is 8.07 Å². The van der Waals surface area contributed by atoms with E-state index in [0.29, 0.717) is 6.04 Å².